The van der Waals surface area contributed by atoms with Crippen molar-refractivity contribution in [3.05, 3.63) is 65.7 Å². The maximum absolute atomic E-state index is 12.4. The number of hydrogen-bond acceptors (Lipinski definition) is 2. The van der Waals surface area contributed by atoms with Gasteiger partial charge in [-0.1, -0.05) is 68.1 Å². The van der Waals surface area contributed by atoms with Crippen molar-refractivity contribution in [2.75, 3.05) is 0 Å². The van der Waals surface area contributed by atoms with Gasteiger partial charge < -0.3 is 4.74 Å². The van der Waals surface area contributed by atoms with E-state index in [1.807, 2.05) is 54.6 Å². The first-order valence-electron chi connectivity index (χ1n) is 8.61. The molecule has 3 rings (SSSR count). The van der Waals surface area contributed by atoms with Gasteiger partial charge in [-0.3, -0.25) is 4.79 Å². The molecule has 1 fully saturated rings. The highest BCUT2D eigenvalue weighted by Crippen LogP contribution is 2.29. The molecule has 0 aliphatic heterocycles. The third-order valence-corrected chi connectivity index (χ3v) is 4.66. The summed E-state index contributed by atoms with van der Waals surface area (Å²) in [6.45, 7) is 0.528. The van der Waals surface area contributed by atoms with Gasteiger partial charge in [0.05, 0.1) is 0 Å². The van der Waals surface area contributed by atoms with E-state index in [0.29, 0.717) is 13.0 Å². The summed E-state index contributed by atoms with van der Waals surface area (Å²) in [4.78, 5) is 12.4. The number of carbonyl (C=O) groups excluding carboxylic acids is 1. The SMILES string of the molecule is O=C(CCC1CCCC1)c1cccc(OCc2ccccc2)c1. The van der Waals surface area contributed by atoms with Crippen LogP contribution in [0.1, 0.15) is 54.4 Å². The molecular weight excluding hydrogens is 284 g/mol. The van der Waals surface area contributed by atoms with E-state index in [4.69, 9.17) is 4.74 Å². The second-order valence-electron chi connectivity index (χ2n) is 6.41. The van der Waals surface area contributed by atoms with Crippen LogP contribution >= 0.6 is 0 Å². The summed E-state index contributed by atoms with van der Waals surface area (Å²) >= 11 is 0. The van der Waals surface area contributed by atoms with Gasteiger partial charge >= 0.3 is 0 Å². The summed E-state index contributed by atoms with van der Waals surface area (Å²) in [5.74, 6) is 1.76. The van der Waals surface area contributed by atoms with Gasteiger partial charge in [-0.2, -0.15) is 0 Å². The number of rotatable bonds is 7. The van der Waals surface area contributed by atoms with Gasteiger partial charge in [0.15, 0.2) is 5.78 Å². The number of hydrogen-bond donors (Lipinski definition) is 0. The van der Waals surface area contributed by atoms with Crippen LogP contribution in [0.25, 0.3) is 0 Å². The summed E-state index contributed by atoms with van der Waals surface area (Å²) in [6.07, 6.45) is 6.96. The molecule has 0 amide bonds. The Morgan fingerprint density at radius 1 is 1.00 bits per heavy atom. The molecule has 1 saturated carbocycles. The van der Waals surface area contributed by atoms with Crippen molar-refractivity contribution >= 4 is 5.78 Å². The van der Waals surface area contributed by atoms with Crippen molar-refractivity contribution in [1.29, 1.82) is 0 Å². The van der Waals surface area contributed by atoms with Crippen molar-refractivity contribution in [3.8, 4) is 5.75 Å². The van der Waals surface area contributed by atoms with Gasteiger partial charge in [0.1, 0.15) is 12.4 Å². The molecule has 0 unspecified atom stereocenters. The standard InChI is InChI=1S/C21H24O2/c22-21(14-13-17-7-4-5-8-17)19-11-6-12-20(15-19)23-16-18-9-2-1-3-10-18/h1-3,6,9-12,15,17H,4-5,7-8,13-14,16H2. The Balaban J connectivity index is 1.54. The van der Waals surface area contributed by atoms with Crippen molar-refractivity contribution in [1.82, 2.24) is 0 Å². The summed E-state index contributed by atoms with van der Waals surface area (Å²) < 4.78 is 5.81. The molecule has 23 heavy (non-hydrogen) atoms. The summed E-state index contributed by atoms with van der Waals surface area (Å²) in [5.41, 5.74) is 1.90. The molecule has 2 aromatic carbocycles. The monoisotopic (exact) mass is 308 g/mol. The van der Waals surface area contributed by atoms with Gasteiger partial charge in [0.2, 0.25) is 0 Å². The lowest BCUT2D eigenvalue weighted by Gasteiger charge is -2.10. The fraction of sp³-hybridized carbons (Fsp3) is 0.381. The Kier molecular flexibility index (Phi) is 5.46. The average molecular weight is 308 g/mol. The zero-order valence-corrected chi connectivity index (χ0v) is 13.5. The fourth-order valence-electron chi connectivity index (χ4n) is 3.28. The van der Waals surface area contributed by atoms with Crippen molar-refractivity contribution in [2.45, 2.75) is 45.1 Å². The van der Waals surface area contributed by atoms with Crippen molar-refractivity contribution < 1.29 is 9.53 Å². The van der Waals surface area contributed by atoms with E-state index in [1.54, 1.807) is 0 Å². The highest BCUT2D eigenvalue weighted by atomic mass is 16.5. The Bertz CT molecular complexity index is 627. The largest absolute Gasteiger partial charge is 0.489 e. The molecule has 0 aromatic heterocycles. The van der Waals surface area contributed by atoms with Gasteiger partial charge in [0, 0.05) is 12.0 Å². The second kappa shape index (κ2) is 7.96. The molecule has 120 valence electrons. The van der Waals surface area contributed by atoms with Crippen LogP contribution in [0, 0.1) is 5.92 Å². The minimum atomic E-state index is 0.238. The molecule has 0 heterocycles. The molecular formula is C21H24O2. The third kappa shape index (κ3) is 4.69. The predicted molar refractivity (Wildman–Crippen MR) is 92.7 cm³/mol. The molecule has 0 bridgehead atoms. The lowest BCUT2D eigenvalue weighted by molar-refractivity contribution is 0.0973. The maximum Gasteiger partial charge on any atom is 0.163 e. The molecule has 2 nitrogen and oxygen atoms in total. The lowest BCUT2D eigenvalue weighted by Crippen LogP contribution is -2.03. The number of carbonyl (C=O) groups is 1. The van der Waals surface area contributed by atoms with E-state index in [0.717, 1.165) is 29.2 Å². The topological polar surface area (TPSA) is 26.3 Å². The molecule has 1 aliphatic rings. The molecule has 0 atom stereocenters. The molecule has 1 aliphatic carbocycles. The Labute approximate surface area is 138 Å². The number of Topliss-reactive ketones (excluding diaryl/α,β-unsaturated/α-hetero) is 1. The van der Waals surface area contributed by atoms with Crippen LogP contribution in [0.2, 0.25) is 0 Å². The van der Waals surface area contributed by atoms with Crippen LogP contribution in [0.4, 0.5) is 0 Å². The van der Waals surface area contributed by atoms with E-state index in [2.05, 4.69) is 0 Å². The Hall–Kier alpha value is -2.09. The minimum Gasteiger partial charge on any atom is -0.489 e. The Morgan fingerprint density at radius 3 is 2.57 bits per heavy atom. The zero-order valence-electron chi connectivity index (χ0n) is 13.5. The lowest BCUT2D eigenvalue weighted by atomic mass is 9.97. The van der Waals surface area contributed by atoms with Gasteiger partial charge in [-0.25, -0.2) is 0 Å². The van der Waals surface area contributed by atoms with Crippen LogP contribution in [0.5, 0.6) is 5.75 Å². The van der Waals surface area contributed by atoms with E-state index in [1.165, 1.54) is 25.7 Å². The van der Waals surface area contributed by atoms with Crippen molar-refractivity contribution in [2.24, 2.45) is 5.92 Å². The predicted octanol–water partition coefficient (Wildman–Crippen LogP) is 5.42. The molecule has 2 aromatic rings. The van der Waals surface area contributed by atoms with Gasteiger partial charge in [-0.05, 0) is 30.0 Å². The van der Waals surface area contributed by atoms with Crippen molar-refractivity contribution in [3.63, 3.8) is 0 Å². The normalized spacial score (nSPS) is 14.8. The smallest absolute Gasteiger partial charge is 0.163 e. The second-order valence-corrected chi connectivity index (χ2v) is 6.41. The number of ketones is 1. The first-order valence-corrected chi connectivity index (χ1v) is 8.61. The average Bonchev–Trinajstić information content (AvgIpc) is 3.12. The molecule has 0 N–H and O–H groups in total. The number of benzene rings is 2. The third-order valence-electron chi connectivity index (χ3n) is 4.66. The van der Waals surface area contributed by atoms with Gasteiger partial charge in [-0.15, -0.1) is 0 Å². The van der Waals surface area contributed by atoms with E-state index in [9.17, 15) is 4.79 Å². The van der Waals surface area contributed by atoms with E-state index >= 15 is 0 Å². The molecule has 0 radical (unpaired) electrons. The summed E-state index contributed by atoms with van der Waals surface area (Å²) in [5, 5.41) is 0. The minimum absolute atomic E-state index is 0.238. The maximum atomic E-state index is 12.4. The van der Waals surface area contributed by atoms with Crippen LogP contribution in [0.15, 0.2) is 54.6 Å². The van der Waals surface area contributed by atoms with Crippen LogP contribution in [-0.2, 0) is 6.61 Å². The fourth-order valence-corrected chi connectivity index (χ4v) is 3.28. The molecule has 0 saturated heterocycles. The van der Waals surface area contributed by atoms with Gasteiger partial charge in [0.25, 0.3) is 0 Å². The van der Waals surface area contributed by atoms with Crippen LogP contribution < -0.4 is 4.74 Å². The highest BCUT2D eigenvalue weighted by Gasteiger charge is 2.17. The zero-order chi connectivity index (χ0) is 15.9. The first kappa shape index (κ1) is 15.8. The summed E-state index contributed by atoms with van der Waals surface area (Å²) in [7, 11) is 0. The first-order chi connectivity index (χ1) is 11.3. The Morgan fingerprint density at radius 2 is 1.78 bits per heavy atom. The molecule has 0 spiro atoms. The van der Waals surface area contributed by atoms with E-state index < -0.39 is 0 Å². The highest BCUT2D eigenvalue weighted by molar-refractivity contribution is 5.96. The quantitative estimate of drug-likeness (QED) is 0.638. The van der Waals surface area contributed by atoms with E-state index in [-0.39, 0.29) is 5.78 Å². The van der Waals surface area contributed by atoms with Crippen LogP contribution in [0.3, 0.4) is 0 Å². The van der Waals surface area contributed by atoms with Crippen LogP contribution in [-0.4, -0.2) is 5.78 Å². The number of ether oxygens (including phenoxy) is 1. The molecule has 2 heteroatoms. The summed E-state index contributed by atoms with van der Waals surface area (Å²) in [6, 6.07) is 17.7.